The zero-order valence-electron chi connectivity index (χ0n) is 16.5. The Morgan fingerprint density at radius 1 is 1.07 bits per heavy atom. The van der Waals surface area contributed by atoms with Crippen molar-refractivity contribution < 1.29 is 24.1 Å². The number of methoxy groups -OCH3 is 2. The summed E-state index contributed by atoms with van der Waals surface area (Å²) in [4.78, 5) is 14.9. The van der Waals surface area contributed by atoms with Crippen molar-refractivity contribution in [3.8, 4) is 11.5 Å². The summed E-state index contributed by atoms with van der Waals surface area (Å²) < 4.78 is 16.3. The number of fused-ring (bicyclic) bond motifs is 1. The molecule has 0 radical (unpaired) electrons. The molecular formula is C22H24ClNO5. The maximum absolute atomic E-state index is 12.8. The maximum atomic E-state index is 12.8. The predicted octanol–water partition coefficient (Wildman–Crippen LogP) is 3.76. The molecule has 154 valence electrons. The van der Waals surface area contributed by atoms with Gasteiger partial charge in [0.25, 0.3) is 0 Å². The summed E-state index contributed by atoms with van der Waals surface area (Å²) in [5, 5.41) is 11.1. The monoisotopic (exact) mass is 417 g/mol. The zero-order valence-corrected chi connectivity index (χ0v) is 17.2. The Morgan fingerprint density at radius 2 is 1.72 bits per heavy atom. The number of nitrogens with zero attached hydrogens (tertiary/aromatic N) is 1. The van der Waals surface area contributed by atoms with Gasteiger partial charge in [-0.1, -0.05) is 23.7 Å². The highest BCUT2D eigenvalue weighted by atomic mass is 35.5. The Bertz CT molecular complexity index is 887. The van der Waals surface area contributed by atoms with Crippen molar-refractivity contribution in [1.29, 1.82) is 0 Å². The van der Waals surface area contributed by atoms with Crippen molar-refractivity contribution in [2.24, 2.45) is 0 Å². The Morgan fingerprint density at radius 3 is 2.34 bits per heavy atom. The number of aromatic hydroxyl groups is 1. The third-order valence-electron chi connectivity index (χ3n) is 4.69. The SMILES string of the molecule is COCCN(CCOC)Cc1c(O)ccc2c1OC(=Cc1ccc(Cl)cc1)C2=O. The van der Waals surface area contributed by atoms with E-state index in [0.717, 1.165) is 5.56 Å². The number of phenolic OH excluding ortho intramolecular Hbond substituents is 1. The number of Topliss-reactive ketones (excluding diaryl/α,β-unsaturated/α-hetero) is 1. The molecule has 0 saturated heterocycles. The number of allylic oxidation sites excluding steroid dienone is 1. The first kappa shape index (κ1) is 21.3. The molecule has 7 heteroatoms. The number of ether oxygens (including phenoxy) is 3. The molecule has 6 nitrogen and oxygen atoms in total. The van der Waals surface area contributed by atoms with E-state index in [1.807, 2.05) is 12.1 Å². The molecule has 1 aliphatic rings. The lowest BCUT2D eigenvalue weighted by Crippen LogP contribution is -2.30. The molecule has 1 N–H and O–H groups in total. The van der Waals surface area contributed by atoms with Crippen molar-refractivity contribution in [2.45, 2.75) is 6.54 Å². The van der Waals surface area contributed by atoms with Crippen molar-refractivity contribution in [2.75, 3.05) is 40.5 Å². The van der Waals surface area contributed by atoms with Crippen LogP contribution in [0.5, 0.6) is 11.5 Å². The number of hydrogen-bond acceptors (Lipinski definition) is 6. The Labute approximate surface area is 175 Å². The van der Waals surface area contributed by atoms with Crippen LogP contribution in [0.3, 0.4) is 0 Å². The molecule has 1 aliphatic heterocycles. The molecule has 0 bridgehead atoms. The van der Waals surface area contributed by atoms with E-state index >= 15 is 0 Å². The Balaban J connectivity index is 1.88. The highest BCUT2D eigenvalue weighted by Gasteiger charge is 2.31. The molecule has 2 aromatic carbocycles. The molecule has 0 atom stereocenters. The molecule has 0 spiro atoms. The molecule has 0 aromatic heterocycles. The number of halogens is 1. The molecule has 3 rings (SSSR count). The Hall–Kier alpha value is -2.38. The van der Waals surface area contributed by atoms with Crippen LogP contribution in [0.25, 0.3) is 6.08 Å². The van der Waals surface area contributed by atoms with E-state index in [1.54, 1.807) is 38.5 Å². The summed E-state index contributed by atoms with van der Waals surface area (Å²) in [5.41, 5.74) is 1.82. The van der Waals surface area contributed by atoms with Crippen LogP contribution in [0.1, 0.15) is 21.5 Å². The van der Waals surface area contributed by atoms with Crippen molar-refractivity contribution in [3.05, 3.63) is 63.9 Å². The van der Waals surface area contributed by atoms with Gasteiger partial charge in [0.05, 0.1) is 24.3 Å². The van der Waals surface area contributed by atoms with Gasteiger partial charge in [0.2, 0.25) is 5.78 Å². The first-order valence-electron chi connectivity index (χ1n) is 9.28. The zero-order chi connectivity index (χ0) is 20.8. The van der Waals surface area contributed by atoms with Gasteiger partial charge in [0.15, 0.2) is 5.76 Å². The minimum Gasteiger partial charge on any atom is -0.507 e. The summed E-state index contributed by atoms with van der Waals surface area (Å²) in [6, 6.07) is 10.2. The topological polar surface area (TPSA) is 68.2 Å². The van der Waals surface area contributed by atoms with Crippen LogP contribution in [-0.2, 0) is 16.0 Å². The fourth-order valence-corrected chi connectivity index (χ4v) is 3.22. The summed E-state index contributed by atoms with van der Waals surface area (Å²) in [6.45, 7) is 2.81. The molecular weight excluding hydrogens is 394 g/mol. The van der Waals surface area contributed by atoms with Crippen LogP contribution in [0.4, 0.5) is 0 Å². The number of carbonyl (C=O) groups is 1. The third-order valence-corrected chi connectivity index (χ3v) is 4.94. The van der Waals surface area contributed by atoms with Crippen molar-refractivity contribution in [3.63, 3.8) is 0 Å². The van der Waals surface area contributed by atoms with E-state index in [4.69, 9.17) is 25.8 Å². The number of hydrogen-bond donors (Lipinski definition) is 1. The second kappa shape index (κ2) is 9.89. The fraction of sp³-hybridized carbons (Fsp3) is 0.318. The second-order valence-electron chi connectivity index (χ2n) is 6.69. The lowest BCUT2D eigenvalue weighted by atomic mass is 10.0. The van der Waals surface area contributed by atoms with Gasteiger partial charge < -0.3 is 19.3 Å². The standard InChI is InChI=1S/C22H24ClNO5/c1-27-11-9-24(10-12-28-2)14-18-19(25)8-7-17-21(26)20(29-22(17)18)13-15-3-5-16(23)6-4-15/h3-8,13,25H,9-12,14H2,1-2H3. The lowest BCUT2D eigenvalue weighted by molar-refractivity contribution is 0.101. The van der Waals surface area contributed by atoms with Gasteiger partial charge >= 0.3 is 0 Å². The number of carbonyl (C=O) groups excluding carboxylic acids is 1. The van der Waals surface area contributed by atoms with Gasteiger partial charge in [-0.2, -0.15) is 0 Å². The summed E-state index contributed by atoms with van der Waals surface area (Å²) in [7, 11) is 3.28. The molecule has 0 aliphatic carbocycles. The minimum atomic E-state index is -0.212. The van der Waals surface area contributed by atoms with E-state index in [2.05, 4.69) is 4.90 Å². The highest BCUT2D eigenvalue weighted by Crippen LogP contribution is 2.40. The molecule has 0 amide bonds. The van der Waals surface area contributed by atoms with Crippen LogP contribution >= 0.6 is 11.6 Å². The van der Waals surface area contributed by atoms with Crippen LogP contribution in [-0.4, -0.2) is 56.3 Å². The molecule has 1 heterocycles. The van der Waals surface area contributed by atoms with E-state index in [-0.39, 0.29) is 17.3 Å². The van der Waals surface area contributed by atoms with E-state index in [0.29, 0.717) is 54.7 Å². The lowest BCUT2D eigenvalue weighted by Gasteiger charge is -2.23. The van der Waals surface area contributed by atoms with Crippen LogP contribution in [0.15, 0.2) is 42.2 Å². The Kier molecular flexibility index (Phi) is 7.28. The highest BCUT2D eigenvalue weighted by molar-refractivity contribution is 6.30. The average molecular weight is 418 g/mol. The first-order chi connectivity index (χ1) is 14.0. The number of benzene rings is 2. The molecule has 2 aromatic rings. The maximum Gasteiger partial charge on any atom is 0.231 e. The number of rotatable bonds is 9. The van der Waals surface area contributed by atoms with E-state index in [9.17, 15) is 9.90 Å². The van der Waals surface area contributed by atoms with E-state index in [1.165, 1.54) is 6.07 Å². The van der Waals surface area contributed by atoms with Crippen molar-refractivity contribution in [1.82, 2.24) is 4.90 Å². The third kappa shape index (κ3) is 5.16. The fourth-order valence-electron chi connectivity index (χ4n) is 3.09. The van der Waals surface area contributed by atoms with E-state index < -0.39 is 0 Å². The molecule has 29 heavy (non-hydrogen) atoms. The molecule has 0 fully saturated rings. The summed E-state index contributed by atoms with van der Waals surface area (Å²) in [5.74, 6) is 0.491. The van der Waals surface area contributed by atoms with Crippen molar-refractivity contribution >= 4 is 23.5 Å². The predicted molar refractivity (Wildman–Crippen MR) is 112 cm³/mol. The van der Waals surface area contributed by atoms with Gasteiger partial charge in [0, 0.05) is 38.9 Å². The van der Waals surface area contributed by atoms with Gasteiger partial charge in [-0.15, -0.1) is 0 Å². The van der Waals surface area contributed by atoms with Crippen LogP contribution in [0, 0.1) is 0 Å². The minimum absolute atomic E-state index is 0.0872. The largest absolute Gasteiger partial charge is 0.507 e. The summed E-state index contributed by atoms with van der Waals surface area (Å²) in [6.07, 6.45) is 1.67. The van der Waals surface area contributed by atoms with Gasteiger partial charge in [0.1, 0.15) is 11.5 Å². The normalized spacial score (nSPS) is 14.5. The van der Waals surface area contributed by atoms with Crippen LogP contribution < -0.4 is 4.74 Å². The number of phenols is 1. The van der Waals surface area contributed by atoms with Gasteiger partial charge in [-0.25, -0.2) is 0 Å². The van der Waals surface area contributed by atoms with Gasteiger partial charge in [-0.3, -0.25) is 9.69 Å². The first-order valence-corrected chi connectivity index (χ1v) is 9.66. The summed E-state index contributed by atoms with van der Waals surface area (Å²) >= 11 is 5.92. The second-order valence-corrected chi connectivity index (χ2v) is 7.13. The van der Waals surface area contributed by atoms with Gasteiger partial charge in [-0.05, 0) is 35.9 Å². The average Bonchev–Trinajstić information content (AvgIpc) is 3.03. The molecule has 0 unspecified atom stereocenters. The smallest absolute Gasteiger partial charge is 0.231 e. The van der Waals surface area contributed by atoms with Crippen LogP contribution in [0.2, 0.25) is 5.02 Å². The quantitative estimate of drug-likeness (QED) is 0.626. The molecule has 0 saturated carbocycles. The number of ketones is 1.